The number of rotatable bonds is 5. The molecule has 0 bridgehead atoms. The van der Waals surface area contributed by atoms with Crippen molar-refractivity contribution in [3.63, 3.8) is 0 Å². The molecule has 1 amide bonds. The first-order chi connectivity index (χ1) is 11.3. The molecule has 0 atom stereocenters. The van der Waals surface area contributed by atoms with Gasteiger partial charge in [0, 0.05) is 11.5 Å². The highest BCUT2D eigenvalue weighted by molar-refractivity contribution is 9.10. The standard InChI is InChI=1S/C15H14BrFN2O4S/c1-18-15(20)11-8-10(4-6-14(11)23-2)24(21,22)19-13-5-3-9(16)7-12(13)17/h3-8,19H,1-2H3,(H,18,20). The zero-order valence-corrected chi connectivity index (χ0v) is 15.2. The van der Waals surface area contributed by atoms with E-state index >= 15 is 0 Å². The van der Waals surface area contributed by atoms with Crippen LogP contribution in [0.15, 0.2) is 45.8 Å². The second-order valence-electron chi connectivity index (χ2n) is 4.67. The summed E-state index contributed by atoms with van der Waals surface area (Å²) in [4.78, 5) is 11.7. The largest absolute Gasteiger partial charge is 0.496 e. The van der Waals surface area contributed by atoms with Crippen LogP contribution in [0.5, 0.6) is 5.75 Å². The highest BCUT2D eigenvalue weighted by Gasteiger charge is 2.20. The van der Waals surface area contributed by atoms with Crippen LogP contribution >= 0.6 is 15.9 Å². The number of sulfonamides is 1. The van der Waals surface area contributed by atoms with Crippen molar-refractivity contribution in [1.29, 1.82) is 0 Å². The van der Waals surface area contributed by atoms with Gasteiger partial charge in [-0.05, 0) is 36.4 Å². The van der Waals surface area contributed by atoms with Gasteiger partial charge in [-0.2, -0.15) is 0 Å². The first-order valence-electron chi connectivity index (χ1n) is 6.66. The van der Waals surface area contributed by atoms with Gasteiger partial charge in [-0.3, -0.25) is 9.52 Å². The highest BCUT2D eigenvalue weighted by atomic mass is 79.9. The Morgan fingerprint density at radius 2 is 1.92 bits per heavy atom. The van der Waals surface area contributed by atoms with Crippen molar-refractivity contribution in [2.75, 3.05) is 18.9 Å². The van der Waals surface area contributed by atoms with Gasteiger partial charge in [0.15, 0.2) is 0 Å². The van der Waals surface area contributed by atoms with Gasteiger partial charge in [0.05, 0.1) is 23.3 Å². The topological polar surface area (TPSA) is 84.5 Å². The van der Waals surface area contributed by atoms with Gasteiger partial charge in [0.25, 0.3) is 15.9 Å². The van der Waals surface area contributed by atoms with E-state index in [4.69, 9.17) is 4.74 Å². The molecule has 0 aliphatic heterocycles. The van der Waals surface area contributed by atoms with Crippen LogP contribution in [0.4, 0.5) is 10.1 Å². The lowest BCUT2D eigenvalue weighted by Gasteiger charge is -2.12. The van der Waals surface area contributed by atoms with Gasteiger partial charge in [-0.1, -0.05) is 15.9 Å². The number of halogens is 2. The van der Waals surface area contributed by atoms with Crippen molar-refractivity contribution in [2.24, 2.45) is 0 Å². The molecule has 2 aromatic rings. The SMILES string of the molecule is CNC(=O)c1cc(S(=O)(=O)Nc2ccc(Br)cc2F)ccc1OC. The van der Waals surface area contributed by atoms with E-state index in [0.717, 1.165) is 12.1 Å². The summed E-state index contributed by atoms with van der Waals surface area (Å²) in [5, 5.41) is 2.40. The molecular weight excluding hydrogens is 403 g/mol. The van der Waals surface area contributed by atoms with E-state index in [1.165, 1.54) is 38.4 Å². The molecule has 0 aromatic heterocycles. The normalized spacial score (nSPS) is 11.0. The zero-order chi connectivity index (χ0) is 17.9. The summed E-state index contributed by atoms with van der Waals surface area (Å²) in [5.41, 5.74) is -0.144. The summed E-state index contributed by atoms with van der Waals surface area (Å²) in [6.45, 7) is 0. The molecule has 0 unspecified atom stereocenters. The number of amides is 1. The quantitative estimate of drug-likeness (QED) is 0.784. The van der Waals surface area contributed by atoms with Gasteiger partial charge in [-0.25, -0.2) is 12.8 Å². The van der Waals surface area contributed by atoms with Gasteiger partial charge < -0.3 is 10.1 Å². The van der Waals surface area contributed by atoms with Crippen molar-refractivity contribution in [1.82, 2.24) is 5.32 Å². The minimum Gasteiger partial charge on any atom is -0.496 e. The lowest BCUT2D eigenvalue weighted by molar-refractivity contribution is 0.0960. The Hall–Kier alpha value is -2.13. The van der Waals surface area contributed by atoms with E-state index in [2.05, 4.69) is 26.0 Å². The lowest BCUT2D eigenvalue weighted by atomic mass is 10.2. The number of carbonyl (C=O) groups is 1. The van der Waals surface area contributed by atoms with E-state index in [9.17, 15) is 17.6 Å². The fraction of sp³-hybridized carbons (Fsp3) is 0.133. The molecule has 2 aromatic carbocycles. The molecular formula is C15H14BrFN2O4S. The Balaban J connectivity index is 2.44. The Bertz CT molecular complexity index is 887. The number of anilines is 1. The van der Waals surface area contributed by atoms with Crippen LogP contribution < -0.4 is 14.8 Å². The Morgan fingerprint density at radius 3 is 2.50 bits per heavy atom. The Morgan fingerprint density at radius 1 is 1.21 bits per heavy atom. The van der Waals surface area contributed by atoms with Crippen LogP contribution in [0.1, 0.15) is 10.4 Å². The summed E-state index contributed by atoms with van der Waals surface area (Å²) >= 11 is 3.09. The summed E-state index contributed by atoms with van der Waals surface area (Å²) in [5.74, 6) is -1.00. The predicted octanol–water partition coefficient (Wildman–Crippen LogP) is 2.76. The van der Waals surface area contributed by atoms with Crippen LogP contribution in [0, 0.1) is 5.82 Å². The minimum absolute atomic E-state index is 0.0548. The molecule has 6 nitrogen and oxygen atoms in total. The molecule has 0 saturated carbocycles. The van der Waals surface area contributed by atoms with E-state index in [0.29, 0.717) is 4.47 Å². The van der Waals surface area contributed by atoms with Crippen molar-refractivity contribution in [2.45, 2.75) is 4.90 Å². The molecule has 24 heavy (non-hydrogen) atoms. The molecule has 128 valence electrons. The van der Waals surface area contributed by atoms with Gasteiger partial charge in [0.2, 0.25) is 0 Å². The maximum Gasteiger partial charge on any atom is 0.262 e. The number of carbonyl (C=O) groups excluding carboxylic acids is 1. The number of ether oxygens (including phenoxy) is 1. The molecule has 0 saturated heterocycles. The third-order valence-electron chi connectivity index (χ3n) is 3.13. The van der Waals surface area contributed by atoms with Crippen LogP contribution in [0.25, 0.3) is 0 Å². The smallest absolute Gasteiger partial charge is 0.262 e. The monoisotopic (exact) mass is 416 g/mol. The maximum absolute atomic E-state index is 13.8. The predicted molar refractivity (Wildman–Crippen MR) is 91.3 cm³/mol. The molecule has 0 fully saturated rings. The number of hydrogen-bond donors (Lipinski definition) is 2. The van der Waals surface area contributed by atoms with Crippen LogP contribution in [-0.4, -0.2) is 28.5 Å². The van der Waals surface area contributed by atoms with E-state index in [-0.39, 0.29) is 21.9 Å². The van der Waals surface area contributed by atoms with E-state index in [1.54, 1.807) is 0 Å². The van der Waals surface area contributed by atoms with Crippen LogP contribution in [-0.2, 0) is 10.0 Å². The second kappa shape index (κ2) is 7.18. The van der Waals surface area contributed by atoms with Gasteiger partial charge in [0.1, 0.15) is 11.6 Å². The third-order valence-corrected chi connectivity index (χ3v) is 4.98. The molecule has 0 aliphatic carbocycles. The molecule has 0 aliphatic rings. The summed E-state index contributed by atoms with van der Waals surface area (Å²) in [6.07, 6.45) is 0. The number of methoxy groups -OCH3 is 1. The summed E-state index contributed by atoms with van der Waals surface area (Å²) in [7, 11) is -1.30. The maximum atomic E-state index is 13.8. The van der Waals surface area contributed by atoms with Crippen LogP contribution in [0.2, 0.25) is 0 Å². The van der Waals surface area contributed by atoms with Crippen LogP contribution in [0.3, 0.4) is 0 Å². The fourth-order valence-corrected chi connectivity index (χ4v) is 3.37. The average molecular weight is 417 g/mol. The minimum atomic E-state index is -4.08. The number of nitrogens with one attached hydrogen (secondary N) is 2. The molecule has 9 heteroatoms. The van der Waals surface area contributed by atoms with Crippen molar-refractivity contribution in [3.8, 4) is 5.75 Å². The Kier molecular flexibility index (Phi) is 5.45. The molecule has 0 radical (unpaired) electrons. The second-order valence-corrected chi connectivity index (χ2v) is 7.27. The van der Waals surface area contributed by atoms with Gasteiger partial charge >= 0.3 is 0 Å². The average Bonchev–Trinajstić information content (AvgIpc) is 2.56. The van der Waals surface area contributed by atoms with Crippen molar-refractivity contribution in [3.05, 3.63) is 52.3 Å². The number of benzene rings is 2. The first-order valence-corrected chi connectivity index (χ1v) is 8.94. The van der Waals surface area contributed by atoms with Crippen molar-refractivity contribution < 1.29 is 22.3 Å². The molecule has 2 rings (SSSR count). The summed E-state index contributed by atoms with van der Waals surface area (Å²) in [6, 6.07) is 7.73. The molecule has 2 N–H and O–H groups in total. The Labute approximate surface area is 147 Å². The zero-order valence-electron chi connectivity index (χ0n) is 12.8. The summed E-state index contributed by atoms with van der Waals surface area (Å²) < 4.78 is 46.4. The lowest BCUT2D eigenvalue weighted by Crippen LogP contribution is -2.20. The molecule has 0 heterocycles. The fourth-order valence-electron chi connectivity index (χ4n) is 1.94. The van der Waals surface area contributed by atoms with Gasteiger partial charge in [-0.15, -0.1) is 0 Å². The van der Waals surface area contributed by atoms with E-state index in [1.807, 2.05) is 0 Å². The van der Waals surface area contributed by atoms with E-state index < -0.39 is 21.7 Å². The highest BCUT2D eigenvalue weighted by Crippen LogP contribution is 2.26. The third kappa shape index (κ3) is 3.85. The molecule has 0 spiro atoms. The first kappa shape index (κ1) is 18.2. The number of hydrogen-bond acceptors (Lipinski definition) is 4. The van der Waals surface area contributed by atoms with Crippen molar-refractivity contribution >= 4 is 37.5 Å².